The number of anilines is 3. The van der Waals surface area contributed by atoms with Crippen molar-refractivity contribution in [2.45, 2.75) is 6.42 Å². The van der Waals surface area contributed by atoms with Crippen LogP contribution in [0.2, 0.25) is 0 Å². The van der Waals surface area contributed by atoms with Crippen LogP contribution in [0.5, 0.6) is 0 Å². The summed E-state index contributed by atoms with van der Waals surface area (Å²) in [4.78, 5) is 19.1. The smallest absolute Gasteiger partial charge is 0.274 e. The molecule has 0 aliphatic carbocycles. The molecule has 27 heavy (non-hydrogen) atoms. The first-order valence-electron chi connectivity index (χ1n) is 9.20. The molecular weight excluding hydrogens is 344 g/mol. The molecule has 0 unspecified atom stereocenters. The van der Waals surface area contributed by atoms with Crippen molar-refractivity contribution in [1.29, 1.82) is 0 Å². The summed E-state index contributed by atoms with van der Waals surface area (Å²) in [5.41, 5.74) is 3.03. The molecule has 0 atom stereocenters. The quantitative estimate of drug-likeness (QED) is 0.696. The average Bonchev–Trinajstić information content (AvgIpc) is 2.72. The second-order valence-corrected chi connectivity index (χ2v) is 6.27. The van der Waals surface area contributed by atoms with Crippen molar-refractivity contribution in [3.8, 4) is 0 Å². The molecule has 7 heteroatoms. The number of nitrogens with zero attached hydrogens (tertiary/aromatic N) is 2. The Labute approximate surface area is 159 Å². The minimum absolute atomic E-state index is 0.226. The topological polar surface area (TPSA) is 75.7 Å². The van der Waals surface area contributed by atoms with Crippen LogP contribution in [0.15, 0.2) is 42.6 Å². The lowest BCUT2D eigenvalue weighted by Crippen LogP contribution is -2.36. The molecule has 1 aromatic carbocycles. The Hall–Kier alpha value is -2.64. The molecule has 1 saturated heterocycles. The van der Waals surface area contributed by atoms with E-state index in [4.69, 9.17) is 9.47 Å². The first-order chi connectivity index (χ1) is 13.3. The molecule has 7 nitrogen and oxygen atoms in total. The minimum atomic E-state index is -0.226. The van der Waals surface area contributed by atoms with Gasteiger partial charge in [-0.05, 0) is 30.7 Å². The molecule has 0 spiro atoms. The Morgan fingerprint density at radius 1 is 1.26 bits per heavy atom. The highest BCUT2D eigenvalue weighted by Crippen LogP contribution is 2.26. The van der Waals surface area contributed by atoms with E-state index < -0.39 is 0 Å². The molecule has 1 amide bonds. The van der Waals surface area contributed by atoms with Crippen LogP contribution in [0.1, 0.15) is 16.9 Å². The number of hydrogen-bond donors (Lipinski definition) is 2. The van der Waals surface area contributed by atoms with Crippen LogP contribution in [-0.2, 0) is 9.47 Å². The Morgan fingerprint density at radius 3 is 2.89 bits per heavy atom. The fourth-order valence-corrected chi connectivity index (χ4v) is 2.96. The summed E-state index contributed by atoms with van der Waals surface area (Å²) in [5.74, 6) is -0.226. The second-order valence-electron chi connectivity index (χ2n) is 6.27. The third kappa shape index (κ3) is 5.42. The zero-order chi connectivity index (χ0) is 18.9. The van der Waals surface area contributed by atoms with Gasteiger partial charge in [-0.25, -0.2) is 0 Å². The number of carbonyl (C=O) groups is 1. The van der Waals surface area contributed by atoms with Crippen LogP contribution in [0, 0.1) is 0 Å². The van der Waals surface area contributed by atoms with E-state index >= 15 is 0 Å². The summed E-state index contributed by atoms with van der Waals surface area (Å²) in [6.07, 6.45) is 2.54. The summed E-state index contributed by atoms with van der Waals surface area (Å²) < 4.78 is 10.5. The summed E-state index contributed by atoms with van der Waals surface area (Å²) in [7, 11) is 1.68. The highest BCUT2D eigenvalue weighted by molar-refractivity contribution is 6.05. The molecule has 0 saturated carbocycles. The van der Waals surface area contributed by atoms with Crippen LogP contribution in [0.25, 0.3) is 0 Å². The van der Waals surface area contributed by atoms with Crippen LogP contribution >= 0.6 is 0 Å². The van der Waals surface area contributed by atoms with E-state index in [2.05, 4.69) is 20.5 Å². The largest absolute Gasteiger partial charge is 0.385 e. The number of hydrogen-bond acceptors (Lipinski definition) is 6. The van der Waals surface area contributed by atoms with Gasteiger partial charge in [-0.15, -0.1) is 0 Å². The van der Waals surface area contributed by atoms with Gasteiger partial charge < -0.3 is 25.0 Å². The Balaban J connectivity index is 1.67. The van der Waals surface area contributed by atoms with Gasteiger partial charge in [0.15, 0.2) is 0 Å². The molecule has 3 rings (SSSR count). The van der Waals surface area contributed by atoms with Gasteiger partial charge in [0.05, 0.1) is 24.6 Å². The van der Waals surface area contributed by atoms with Crippen LogP contribution in [0.3, 0.4) is 0 Å². The van der Waals surface area contributed by atoms with E-state index in [1.165, 1.54) is 0 Å². The van der Waals surface area contributed by atoms with Crippen molar-refractivity contribution in [2.24, 2.45) is 0 Å². The monoisotopic (exact) mass is 370 g/mol. The molecular formula is C20H26N4O3. The van der Waals surface area contributed by atoms with Gasteiger partial charge in [0.25, 0.3) is 5.91 Å². The lowest BCUT2D eigenvalue weighted by atomic mass is 10.2. The van der Waals surface area contributed by atoms with Gasteiger partial charge in [-0.1, -0.05) is 12.1 Å². The number of para-hydroxylation sites is 2. The number of carbonyl (C=O) groups excluding carboxylic acids is 1. The van der Waals surface area contributed by atoms with Gasteiger partial charge in [0.2, 0.25) is 0 Å². The fraction of sp³-hybridized carbons (Fsp3) is 0.400. The van der Waals surface area contributed by atoms with Gasteiger partial charge >= 0.3 is 0 Å². The van der Waals surface area contributed by atoms with Crippen LogP contribution in [0.4, 0.5) is 17.1 Å². The van der Waals surface area contributed by atoms with Gasteiger partial charge in [-0.2, -0.15) is 0 Å². The third-order valence-corrected chi connectivity index (χ3v) is 4.35. The van der Waals surface area contributed by atoms with Crippen molar-refractivity contribution in [3.63, 3.8) is 0 Å². The first-order valence-corrected chi connectivity index (χ1v) is 9.20. The van der Waals surface area contributed by atoms with Crippen molar-refractivity contribution in [1.82, 2.24) is 4.98 Å². The standard InChI is InChI=1S/C20H26N4O3/c1-26-12-4-8-21-16-7-9-22-18(15-16)20(25)23-17-5-2-3-6-19(17)24-10-13-27-14-11-24/h2-3,5-7,9,15H,4,8,10-14H2,1H3,(H,21,22)(H,23,25). The number of ether oxygens (including phenoxy) is 2. The zero-order valence-electron chi connectivity index (χ0n) is 15.6. The highest BCUT2D eigenvalue weighted by atomic mass is 16.5. The molecule has 144 valence electrons. The molecule has 2 heterocycles. The average molecular weight is 370 g/mol. The maximum absolute atomic E-state index is 12.7. The molecule has 1 fully saturated rings. The number of pyridine rings is 1. The van der Waals surface area contributed by atoms with E-state index in [9.17, 15) is 4.79 Å². The third-order valence-electron chi connectivity index (χ3n) is 4.35. The van der Waals surface area contributed by atoms with Crippen molar-refractivity contribution in [2.75, 3.05) is 62.1 Å². The molecule has 1 aliphatic rings. The number of nitrogens with one attached hydrogen (secondary N) is 2. The zero-order valence-corrected chi connectivity index (χ0v) is 15.6. The van der Waals surface area contributed by atoms with E-state index in [0.717, 1.165) is 43.1 Å². The van der Waals surface area contributed by atoms with Gasteiger partial charge in [0, 0.05) is 45.2 Å². The predicted molar refractivity (Wildman–Crippen MR) is 107 cm³/mol. The van der Waals surface area contributed by atoms with E-state index in [0.29, 0.717) is 25.5 Å². The number of aromatic nitrogens is 1. The molecule has 2 N–H and O–H groups in total. The predicted octanol–water partition coefficient (Wildman–Crippen LogP) is 2.62. The molecule has 2 aromatic rings. The lowest BCUT2D eigenvalue weighted by Gasteiger charge is -2.30. The number of benzene rings is 1. The lowest BCUT2D eigenvalue weighted by molar-refractivity contribution is 0.102. The van der Waals surface area contributed by atoms with Crippen molar-refractivity contribution in [3.05, 3.63) is 48.3 Å². The Bertz CT molecular complexity index is 748. The van der Waals surface area contributed by atoms with Crippen molar-refractivity contribution >= 4 is 23.0 Å². The first kappa shape index (κ1) is 19.1. The molecule has 1 aromatic heterocycles. The number of morpholine rings is 1. The van der Waals surface area contributed by atoms with E-state index in [1.54, 1.807) is 19.4 Å². The fourth-order valence-electron chi connectivity index (χ4n) is 2.96. The Morgan fingerprint density at radius 2 is 2.07 bits per heavy atom. The molecule has 1 aliphatic heterocycles. The van der Waals surface area contributed by atoms with Crippen LogP contribution < -0.4 is 15.5 Å². The highest BCUT2D eigenvalue weighted by Gasteiger charge is 2.16. The summed E-state index contributed by atoms with van der Waals surface area (Å²) >= 11 is 0. The maximum Gasteiger partial charge on any atom is 0.274 e. The summed E-state index contributed by atoms with van der Waals surface area (Å²) in [6.45, 7) is 4.49. The molecule has 0 bridgehead atoms. The summed E-state index contributed by atoms with van der Waals surface area (Å²) in [6, 6.07) is 11.4. The van der Waals surface area contributed by atoms with Crippen LogP contribution in [-0.4, -0.2) is 57.5 Å². The normalized spacial score (nSPS) is 14.0. The molecule has 0 radical (unpaired) electrons. The Kier molecular flexibility index (Phi) is 7.01. The number of rotatable bonds is 8. The maximum atomic E-state index is 12.7. The van der Waals surface area contributed by atoms with E-state index in [1.807, 2.05) is 30.3 Å². The number of amides is 1. The van der Waals surface area contributed by atoms with E-state index in [-0.39, 0.29) is 5.91 Å². The van der Waals surface area contributed by atoms with Crippen molar-refractivity contribution < 1.29 is 14.3 Å². The van der Waals surface area contributed by atoms with Gasteiger partial charge in [0.1, 0.15) is 5.69 Å². The SMILES string of the molecule is COCCCNc1ccnc(C(=O)Nc2ccccc2N2CCOCC2)c1. The second kappa shape index (κ2) is 9.89. The summed E-state index contributed by atoms with van der Waals surface area (Å²) in [5, 5.41) is 6.28. The van der Waals surface area contributed by atoms with Gasteiger partial charge in [-0.3, -0.25) is 9.78 Å². The number of methoxy groups -OCH3 is 1. The minimum Gasteiger partial charge on any atom is -0.385 e.